The van der Waals surface area contributed by atoms with Crippen LogP contribution >= 0.6 is 0 Å². The van der Waals surface area contributed by atoms with Crippen LogP contribution in [-0.2, 0) is 0 Å². The van der Waals surface area contributed by atoms with Crippen LogP contribution in [0.25, 0.3) is 0 Å². The zero-order valence-electron chi connectivity index (χ0n) is 12.0. The van der Waals surface area contributed by atoms with E-state index < -0.39 is 0 Å². The summed E-state index contributed by atoms with van der Waals surface area (Å²) in [6.07, 6.45) is 1.04. The molecule has 0 aliphatic carbocycles. The normalized spacial score (nSPS) is 28.7. The number of aryl methyl sites for hydroxylation is 1. The Balaban J connectivity index is 2.00. The highest BCUT2D eigenvalue weighted by molar-refractivity contribution is 5.66. The second-order valence-corrected chi connectivity index (χ2v) is 5.96. The maximum absolute atomic E-state index is 11.3. The van der Waals surface area contributed by atoms with Gasteiger partial charge in [-0.2, -0.15) is 0 Å². The summed E-state index contributed by atoms with van der Waals surface area (Å²) in [6.45, 7) is 7.18. The molecule has 0 amide bonds. The van der Waals surface area contributed by atoms with Crippen LogP contribution in [0, 0.1) is 28.9 Å². The number of nitro groups is 1. The number of benzene rings is 1. The van der Waals surface area contributed by atoms with Crippen LogP contribution in [0.2, 0.25) is 0 Å². The number of fused-ring (bicyclic) bond motifs is 1. The first-order chi connectivity index (χ1) is 9.61. The maximum Gasteiger partial charge on any atom is 0.292 e. The molecule has 20 heavy (non-hydrogen) atoms. The minimum Gasteiger partial charge on any atom is -0.362 e. The number of nitro benzene ring substituents is 1. The van der Waals surface area contributed by atoms with E-state index in [1.165, 1.54) is 0 Å². The molecule has 0 bridgehead atoms. The topological polar surface area (TPSA) is 58.4 Å². The van der Waals surface area contributed by atoms with Crippen LogP contribution in [0.5, 0.6) is 0 Å². The lowest BCUT2D eigenvalue weighted by Crippen LogP contribution is -2.35. The van der Waals surface area contributed by atoms with Crippen molar-refractivity contribution in [2.24, 2.45) is 11.8 Å². The van der Waals surface area contributed by atoms with E-state index in [0.29, 0.717) is 17.9 Å². The van der Waals surface area contributed by atoms with Gasteiger partial charge in [0.05, 0.1) is 4.92 Å². The molecule has 3 rings (SSSR count). The molecule has 0 saturated carbocycles. The standard InChI is InChI=1S/C15H21N3O2/c1-3-13-12-8-16-7-11(12)9-17(13)15-6-10(2)4-5-14(15)18(19)20/h4-6,11-13,16H,3,7-9H2,1-2H3. The second-order valence-electron chi connectivity index (χ2n) is 5.96. The molecule has 108 valence electrons. The van der Waals surface area contributed by atoms with E-state index in [2.05, 4.69) is 17.1 Å². The summed E-state index contributed by atoms with van der Waals surface area (Å²) < 4.78 is 0. The molecule has 1 aromatic carbocycles. The van der Waals surface area contributed by atoms with E-state index in [9.17, 15) is 10.1 Å². The third-order valence-corrected chi connectivity index (χ3v) is 4.77. The van der Waals surface area contributed by atoms with E-state index in [-0.39, 0.29) is 10.6 Å². The molecule has 5 nitrogen and oxygen atoms in total. The number of anilines is 1. The highest BCUT2D eigenvalue weighted by atomic mass is 16.6. The van der Waals surface area contributed by atoms with E-state index in [4.69, 9.17) is 0 Å². The van der Waals surface area contributed by atoms with Crippen molar-refractivity contribution in [2.75, 3.05) is 24.5 Å². The van der Waals surface area contributed by atoms with Crippen molar-refractivity contribution in [1.82, 2.24) is 5.32 Å². The molecule has 3 unspecified atom stereocenters. The average Bonchev–Trinajstić information content (AvgIpc) is 2.97. The van der Waals surface area contributed by atoms with Gasteiger partial charge in [-0.1, -0.05) is 13.0 Å². The molecule has 1 aromatic rings. The summed E-state index contributed by atoms with van der Waals surface area (Å²) in [4.78, 5) is 13.3. The first kappa shape index (κ1) is 13.4. The molecule has 2 saturated heterocycles. The summed E-state index contributed by atoms with van der Waals surface area (Å²) in [5.74, 6) is 1.25. The molecule has 1 N–H and O–H groups in total. The minimum absolute atomic E-state index is 0.238. The third kappa shape index (κ3) is 2.06. The first-order valence-electron chi connectivity index (χ1n) is 7.34. The van der Waals surface area contributed by atoms with Crippen LogP contribution < -0.4 is 10.2 Å². The first-order valence-corrected chi connectivity index (χ1v) is 7.34. The van der Waals surface area contributed by atoms with Gasteiger partial charge in [0.15, 0.2) is 0 Å². The predicted molar refractivity (Wildman–Crippen MR) is 79.1 cm³/mol. The minimum atomic E-state index is -0.256. The van der Waals surface area contributed by atoms with E-state index in [1.54, 1.807) is 6.07 Å². The van der Waals surface area contributed by atoms with Crippen LogP contribution in [0.1, 0.15) is 18.9 Å². The summed E-state index contributed by atoms with van der Waals surface area (Å²) in [6, 6.07) is 5.84. The molecule has 3 atom stereocenters. The fourth-order valence-corrected chi connectivity index (χ4v) is 3.84. The third-order valence-electron chi connectivity index (χ3n) is 4.77. The molecular formula is C15H21N3O2. The lowest BCUT2D eigenvalue weighted by molar-refractivity contribution is -0.384. The van der Waals surface area contributed by atoms with Crippen molar-refractivity contribution in [3.8, 4) is 0 Å². The van der Waals surface area contributed by atoms with Crippen molar-refractivity contribution in [2.45, 2.75) is 26.3 Å². The Hall–Kier alpha value is -1.62. The molecule has 2 fully saturated rings. The SMILES string of the molecule is CCC1C2CNCC2CN1c1cc(C)ccc1[N+](=O)[O-]. The quantitative estimate of drug-likeness (QED) is 0.679. The van der Waals surface area contributed by atoms with Crippen molar-refractivity contribution in [1.29, 1.82) is 0 Å². The van der Waals surface area contributed by atoms with Crippen molar-refractivity contribution >= 4 is 11.4 Å². The van der Waals surface area contributed by atoms with E-state index in [1.807, 2.05) is 19.1 Å². The zero-order valence-corrected chi connectivity index (χ0v) is 12.0. The fourth-order valence-electron chi connectivity index (χ4n) is 3.84. The van der Waals surface area contributed by atoms with Gasteiger partial charge in [-0.25, -0.2) is 0 Å². The Morgan fingerprint density at radius 3 is 2.95 bits per heavy atom. The van der Waals surface area contributed by atoms with Gasteiger partial charge >= 0.3 is 0 Å². The maximum atomic E-state index is 11.3. The summed E-state index contributed by atoms with van der Waals surface area (Å²) >= 11 is 0. The molecule has 0 aromatic heterocycles. The molecule has 5 heteroatoms. The van der Waals surface area contributed by atoms with Crippen LogP contribution in [0.4, 0.5) is 11.4 Å². The fraction of sp³-hybridized carbons (Fsp3) is 0.600. The lowest BCUT2D eigenvalue weighted by Gasteiger charge is -2.28. The Morgan fingerprint density at radius 1 is 1.45 bits per heavy atom. The molecule has 2 heterocycles. The van der Waals surface area contributed by atoms with Crippen LogP contribution in [-0.4, -0.2) is 30.6 Å². The van der Waals surface area contributed by atoms with Crippen molar-refractivity contribution in [3.05, 3.63) is 33.9 Å². The van der Waals surface area contributed by atoms with Crippen molar-refractivity contribution in [3.63, 3.8) is 0 Å². The van der Waals surface area contributed by atoms with Gasteiger partial charge in [-0.15, -0.1) is 0 Å². The second kappa shape index (κ2) is 5.05. The van der Waals surface area contributed by atoms with Crippen molar-refractivity contribution < 1.29 is 4.92 Å². The summed E-state index contributed by atoms with van der Waals surface area (Å²) in [5.41, 5.74) is 2.12. The van der Waals surface area contributed by atoms with Gasteiger partial charge in [0.25, 0.3) is 5.69 Å². The zero-order chi connectivity index (χ0) is 14.3. The van der Waals surface area contributed by atoms with E-state index >= 15 is 0 Å². The van der Waals surface area contributed by atoms with Gasteiger partial charge < -0.3 is 10.2 Å². The molecular weight excluding hydrogens is 254 g/mol. The van der Waals surface area contributed by atoms with Gasteiger partial charge in [-0.3, -0.25) is 10.1 Å². The van der Waals surface area contributed by atoms with Crippen LogP contribution in [0.3, 0.4) is 0 Å². The Morgan fingerprint density at radius 2 is 2.25 bits per heavy atom. The van der Waals surface area contributed by atoms with Gasteiger partial charge in [0.2, 0.25) is 0 Å². The largest absolute Gasteiger partial charge is 0.362 e. The molecule has 2 aliphatic rings. The number of nitrogens with zero attached hydrogens (tertiary/aromatic N) is 2. The Bertz CT molecular complexity index is 532. The Kier molecular flexibility index (Phi) is 3.38. The Labute approximate surface area is 119 Å². The van der Waals surface area contributed by atoms with E-state index in [0.717, 1.165) is 37.3 Å². The molecule has 0 spiro atoms. The predicted octanol–water partition coefficient (Wildman–Crippen LogP) is 2.34. The van der Waals surface area contributed by atoms with Crippen LogP contribution in [0.15, 0.2) is 18.2 Å². The highest BCUT2D eigenvalue weighted by Gasteiger charge is 2.44. The molecule has 0 radical (unpaired) electrons. The number of hydrogen-bond acceptors (Lipinski definition) is 4. The lowest BCUT2D eigenvalue weighted by atomic mass is 9.93. The van der Waals surface area contributed by atoms with Gasteiger partial charge in [-0.05, 0) is 36.8 Å². The number of nitrogens with one attached hydrogen (secondary N) is 1. The summed E-state index contributed by atoms with van der Waals surface area (Å²) in [5, 5.41) is 14.7. The number of rotatable bonds is 3. The highest BCUT2D eigenvalue weighted by Crippen LogP contribution is 2.41. The van der Waals surface area contributed by atoms with Gasteiger partial charge in [0.1, 0.15) is 5.69 Å². The average molecular weight is 275 g/mol. The summed E-state index contributed by atoms with van der Waals surface area (Å²) in [7, 11) is 0. The van der Waals surface area contributed by atoms with Gasteiger partial charge in [0, 0.05) is 31.7 Å². The smallest absolute Gasteiger partial charge is 0.292 e. The number of hydrogen-bond donors (Lipinski definition) is 1. The molecule has 2 aliphatic heterocycles. The monoisotopic (exact) mass is 275 g/mol.